The van der Waals surface area contributed by atoms with Gasteiger partial charge in [0.05, 0.1) is 42.0 Å². The number of aromatic nitrogens is 9. The van der Waals surface area contributed by atoms with Crippen LogP contribution in [0.15, 0.2) is 72.8 Å². The van der Waals surface area contributed by atoms with Gasteiger partial charge in [0.1, 0.15) is 55.4 Å². The maximum absolute atomic E-state index is 13.1. The first-order valence-corrected chi connectivity index (χ1v) is 55.5. The summed E-state index contributed by atoms with van der Waals surface area (Å²) in [6.45, 7) is 43.4. The first-order chi connectivity index (χ1) is 69.6. The lowest BCUT2D eigenvalue weighted by atomic mass is 10.0. The average molecular weight is 2100 g/mol. The number of amides is 1. The standard InChI is InChI=1S/C37H51F3N8OS.C34H44F3N9O2S2.C34H45F3N8S/c1-7-33-42-35(31-19-29(20-37(38,39)40)50-36(31)43-33)41-28-10-12-45(13-11-28)22-27-8-9-32-30(26(27)4)18-24(2)48(32)21-25(3)47-16-14-46(15-17-47)23-34(49)44(5)6;1-5-31-41-32(29-17-27(18-34(35,36)37)49-33(29)42-31)40-25-8-10-43(11-9-25)21-24-6-7-30-28(23(24)3)16-26(19-38)46(30)20-22(2)44-12-14-45(15-13-44)50(47,48)39-4;1-21-16-28-23(3)24(4-7-30(28)45(21)19-22(2)43-12-14-44(15-13-43)26-5-6-26)20-42-10-8-25(9-11-42)39-31-29-17-27(18-34(35,36)37)46-32(29)41-33(38)40-31/h8-9,18-19,25,28H,7,10-17,20-23H2,1-6H3,(H,41,42,43);6-7,16-17,22,25,39H,5,8-15,18,20-21H2,1-4H3,(H,40,41,42);4,7,16-17,22,25-26H,5-6,8-15,18-20H2,1-3H3,(H3,38,39,40,41)/t25-;2*22-/m000/s1. The lowest BCUT2D eigenvalue weighted by Crippen LogP contribution is -2.54. The van der Waals surface area contributed by atoms with Crippen LogP contribution in [-0.4, -0.2) is 313 Å². The molecular weight excluding hydrogens is 1960 g/mol. The Bertz CT molecular complexity index is 6750. The van der Waals surface area contributed by atoms with E-state index in [-0.39, 0.29) is 50.7 Å². The van der Waals surface area contributed by atoms with Crippen LogP contribution in [0.4, 0.5) is 62.9 Å². The van der Waals surface area contributed by atoms with Crippen LogP contribution in [0.3, 0.4) is 0 Å². The summed E-state index contributed by atoms with van der Waals surface area (Å²) in [5, 5.41) is 26.3. The molecule has 1 saturated carbocycles. The van der Waals surface area contributed by atoms with Crippen molar-refractivity contribution in [3.8, 4) is 6.07 Å². The zero-order chi connectivity index (χ0) is 104. The Hall–Kier alpha value is -9.52. The number of carbonyl (C=O) groups excluding carboxylic acids is 1. The highest BCUT2D eigenvalue weighted by molar-refractivity contribution is 7.87. The molecule has 146 heavy (non-hydrogen) atoms. The lowest BCUT2D eigenvalue weighted by Gasteiger charge is -2.38. The van der Waals surface area contributed by atoms with Gasteiger partial charge < -0.3 is 40.3 Å². The van der Waals surface area contributed by atoms with Crippen molar-refractivity contribution >= 4 is 137 Å². The molecule has 12 aromatic rings. The number of carbonyl (C=O) groups is 1. The van der Waals surface area contributed by atoms with Gasteiger partial charge >= 0.3 is 18.5 Å². The fourth-order valence-corrected chi connectivity index (χ4v) is 26.1. The van der Waals surface area contributed by atoms with Gasteiger partial charge in [0.15, 0.2) is 0 Å². The largest absolute Gasteiger partial charge is 0.393 e. The van der Waals surface area contributed by atoms with Gasteiger partial charge in [-0.25, -0.2) is 29.6 Å². The minimum Gasteiger partial charge on any atom is -0.368 e. The fourth-order valence-electron chi connectivity index (χ4n) is 22.0. The molecule has 0 spiro atoms. The SMILES string of the molecule is CCc1nc(NC2CCN(Cc3ccc4c(cc(C#N)n4C[C@H](C)N4CCN(S(=O)(=O)NC)CC4)c3C)CC2)c2cc(CC(F)(F)F)sc2n1.CCc1nc(NC2CCN(Cc3ccc4c(cc(C)n4C[C@H](C)N4CCN(CC(=O)N(C)C)CC4)c3C)CC2)c2cc(CC(F)(F)F)sc2n1.Cc1c(CN2CCC(Nc3nc(N)nc4sc(CC(F)(F)F)cc34)CC2)ccc2c1cc(C)n2C[C@H](C)N1CCN(C2CC2)CC1. The highest BCUT2D eigenvalue weighted by Crippen LogP contribution is 2.41. The van der Waals surface area contributed by atoms with Gasteiger partial charge in [-0.15, -0.1) is 34.0 Å². The maximum atomic E-state index is 13.1. The molecule has 0 unspecified atom stereocenters. The van der Waals surface area contributed by atoms with Crippen molar-refractivity contribution in [2.45, 2.75) is 253 Å². The van der Waals surface area contributed by atoms with E-state index in [0.717, 1.165) is 193 Å². The molecule has 19 rings (SSSR count). The van der Waals surface area contributed by atoms with Gasteiger partial charge in [0, 0.05) is 292 Å². The number of alkyl halides is 9. The van der Waals surface area contributed by atoms with Crippen LogP contribution in [-0.2, 0) is 86.4 Å². The molecule has 790 valence electrons. The number of likely N-dealkylation sites (N-methyl/N-ethyl adjacent to an activating group) is 1. The number of nitrogens with zero attached hydrogens (tertiary/aromatic N) is 20. The number of nitrogens with one attached hydrogen (secondary N) is 4. The van der Waals surface area contributed by atoms with E-state index in [4.69, 9.17) is 10.7 Å². The Balaban J connectivity index is 0.000000150. The second-order valence-corrected chi connectivity index (χ2v) is 46.6. The van der Waals surface area contributed by atoms with Crippen molar-refractivity contribution in [2.24, 2.45) is 0 Å². The molecule has 9 aromatic heterocycles. The summed E-state index contributed by atoms with van der Waals surface area (Å²) in [6.07, 6.45) is -6.25. The molecule has 6 N–H and O–H groups in total. The zero-order valence-corrected chi connectivity index (χ0v) is 89.4. The third-order valence-corrected chi connectivity index (χ3v) is 35.5. The number of anilines is 4. The third-order valence-electron chi connectivity index (χ3n) is 30.9. The molecule has 7 aliphatic rings. The molecule has 1 aliphatic carbocycles. The Morgan fingerprint density at radius 3 is 1.16 bits per heavy atom. The van der Waals surface area contributed by atoms with Crippen molar-refractivity contribution in [2.75, 3.05) is 167 Å². The molecule has 41 heteroatoms. The first-order valence-electron chi connectivity index (χ1n) is 51.6. The van der Waals surface area contributed by atoms with Crippen LogP contribution in [0.2, 0.25) is 0 Å². The number of rotatable bonds is 31. The minimum absolute atomic E-state index is 0.0731. The van der Waals surface area contributed by atoms with E-state index >= 15 is 0 Å². The second kappa shape index (κ2) is 45.7. The monoisotopic (exact) mass is 2100 g/mol. The topological polar surface area (TPSA) is 274 Å². The normalized spacial score (nSPS) is 18.7. The lowest BCUT2D eigenvalue weighted by molar-refractivity contribution is -0.130. The summed E-state index contributed by atoms with van der Waals surface area (Å²) >= 11 is 3.22. The highest BCUT2D eigenvalue weighted by Gasteiger charge is 2.38. The van der Waals surface area contributed by atoms with Crippen LogP contribution in [0, 0.1) is 45.9 Å². The number of nitrogens with two attached hydrogens (primary N) is 1. The molecule has 0 radical (unpaired) electrons. The number of thiophene rings is 3. The fraction of sp³-hybridized carbons (Fsp3) is 0.581. The number of piperazine rings is 3. The van der Waals surface area contributed by atoms with Gasteiger partial charge in [-0.05, 0) is 195 Å². The summed E-state index contributed by atoms with van der Waals surface area (Å²) in [6, 6.07) is 29.6. The van der Waals surface area contributed by atoms with Crippen molar-refractivity contribution in [1.29, 1.82) is 5.26 Å². The number of nitrogen functional groups attached to an aromatic ring is 1. The molecule has 6 saturated heterocycles. The Morgan fingerprint density at radius 1 is 0.459 bits per heavy atom. The maximum Gasteiger partial charge on any atom is 0.393 e. The molecule has 1 amide bonds. The van der Waals surface area contributed by atoms with E-state index < -0.39 is 48.0 Å². The van der Waals surface area contributed by atoms with Gasteiger partial charge in [0.25, 0.3) is 10.2 Å². The van der Waals surface area contributed by atoms with E-state index in [1.165, 1.54) is 111 Å². The minimum atomic E-state index is -4.27. The second-order valence-electron chi connectivity index (χ2n) is 41.4. The number of likely N-dealkylation sites (tertiary alicyclic amines) is 3. The number of fused-ring (bicyclic) bond motifs is 6. The van der Waals surface area contributed by atoms with E-state index in [1.54, 1.807) is 23.1 Å². The molecule has 0 bridgehead atoms. The first kappa shape index (κ1) is 108. The quantitative estimate of drug-likeness (QED) is 0.0253. The predicted octanol–water partition coefficient (Wildman–Crippen LogP) is 17.3. The van der Waals surface area contributed by atoms with Crippen molar-refractivity contribution in [3.05, 3.63) is 150 Å². The number of hydrogen-bond acceptors (Lipinski definition) is 25. The number of benzene rings is 3. The number of aryl methyl sites for hydroxylation is 7. The van der Waals surface area contributed by atoms with E-state index in [0.29, 0.717) is 130 Å². The number of nitriles is 1. The highest BCUT2D eigenvalue weighted by atomic mass is 32.2. The Labute approximate surface area is 861 Å². The van der Waals surface area contributed by atoms with Gasteiger partial charge in [0.2, 0.25) is 11.9 Å². The summed E-state index contributed by atoms with van der Waals surface area (Å²) in [4.78, 5) is 63.0. The number of halogens is 9. The van der Waals surface area contributed by atoms with Crippen LogP contribution in [0.1, 0.15) is 163 Å². The third kappa shape index (κ3) is 26.2. The summed E-state index contributed by atoms with van der Waals surface area (Å²) < 4.78 is 153. The van der Waals surface area contributed by atoms with Crippen molar-refractivity contribution < 1.29 is 52.7 Å². The van der Waals surface area contributed by atoms with Gasteiger partial charge in [-0.2, -0.15) is 62.5 Å². The van der Waals surface area contributed by atoms with Crippen LogP contribution < -0.4 is 26.4 Å². The van der Waals surface area contributed by atoms with Crippen LogP contribution >= 0.6 is 34.0 Å². The van der Waals surface area contributed by atoms with Crippen LogP contribution in [0.25, 0.3) is 63.4 Å². The zero-order valence-electron chi connectivity index (χ0n) is 86.1. The Kier molecular flexibility index (Phi) is 33.7. The predicted molar refractivity (Wildman–Crippen MR) is 567 cm³/mol. The molecule has 3 aromatic carbocycles. The number of hydrogen-bond donors (Lipinski definition) is 5. The van der Waals surface area contributed by atoms with Crippen LogP contribution in [0.5, 0.6) is 0 Å². The van der Waals surface area contributed by atoms with Gasteiger partial charge in [-0.3, -0.25) is 44.0 Å². The Morgan fingerprint density at radius 2 is 0.808 bits per heavy atom. The molecule has 6 aliphatic heterocycles. The average Bonchev–Trinajstić information content (AvgIpc) is 1.63. The summed E-state index contributed by atoms with van der Waals surface area (Å²) in [5.74, 6) is 3.30. The molecule has 28 nitrogen and oxygen atoms in total. The molecule has 3 atom stereocenters. The summed E-state index contributed by atoms with van der Waals surface area (Å²) in [7, 11) is 1.62. The number of piperidine rings is 3. The molecule has 7 fully saturated rings. The molecular formula is C105H140F9N25O3S4. The van der Waals surface area contributed by atoms with Crippen molar-refractivity contribution in [1.82, 2.24) is 96.7 Å². The smallest absolute Gasteiger partial charge is 0.368 e. The van der Waals surface area contributed by atoms with E-state index in [1.807, 2.05) is 34.0 Å². The summed E-state index contributed by atoms with van der Waals surface area (Å²) in [5.41, 5.74) is 20.5. The van der Waals surface area contributed by atoms with Gasteiger partial charge in [-0.1, -0.05) is 32.0 Å². The van der Waals surface area contributed by atoms with E-state index in [9.17, 15) is 58.0 Å². The van der Waals surface area contributed by atoms with Crippen molar-refractivity contribution in [3.63, 3.8) is 0 Å². The molecule has 15 heterocycles. The van der Waals surface area contributed by atoms with E-state index in [2.05, 4.69) is 208 Å².